The monoisotopic (exact) mass is 261 g/mol. The fraction of sp³-hybridized carbons (Fsp3) is 0.417. The van der Waals surface area contributed by atoms with Crippen LogP contribution in [0.1, 0.15) is 23.3 Å². The summed E-state index contributed by atoms with van der Waals surface area (Å²) in [5, 5.41) is 4.10. The number of amides is 1. The van der Waals surface area contributed by atoms with Crippen LogP contribution >= 0.6 is 0 Å². The number of carbonyl (C=O) groups is 1. The second-order valence-electron chi connectivity index (χ2n) is 4.42. The number of hydrogen-bond donors (Lipinski definition) is 2. The smallest absolute Gasteiger partial charge is 0.285 e. The molecule has 1 saturated heterocycles. The number of aromatic nitrogens is 3. The van der Waals surface area contributed by atoms with Gasteiger partial charge in [-0.3, -0.25) is 10.2 Å². The zero-order valence-corrected chi connectivity index (χ0v) is 10.4. The van der Waals surface area contributed by atoms with Gasteiger partial charge in [-0.2, -0.15) is 5.10 Å². The number of hydrogen-bond acceptors (Lipinski definition) is 5. The summed E-state index contributed by atoms with van der Waals surface area (Å²) in [5.41, 5.74) is 6.79. The van der Waals surface area contributed by atoms with Crippen LogP contribution in [0.15, 0.2) is 24.5 Å². The van der Waals surface area contributed by atoms with Crippen LogP contribution in [0, 0.1) is 0 Å². The van der Waals surface area contributed by atoms with Crippen molar-refractivity contribution in [2.24, 2.45) is 0 Å². The Kier molecular flexibility index (Phi) is 3.39. The maximum Gasteiger partial charge on any atom is 0.285 e. The highest BCUT2D eigenvalue weighted by Gasteiger charge is 2.16. The molecule has 3 heterocycles. The van der Waals surface area contributed by atoms with Gasteiger partial charge in [0, 0.05) is 25.5 Å². The van der Waals surface area contributed by atoms with Gasteiger partial charge in [0.2, 0.25) is 0 Å². The minimum atomic E-state index is -0.238. The summed E-state index contributed by atoms with van der Waals surface area (Å²) in [6.07, 6.45) is 4.93. The van der Waals surface area contributed by atoms with E-state index in [0.29, 0.717) is 11.3 Å². The highest BCUT2D eigenvalue weighted by molar-refractivity contribution is 5.92. The molecule has 0 bridgehead atoms. The predicted octanol–water partition coefficient (Wildman–Crippen LogP) is 0.143. The van der Waals surface area contributed by atoms with Gasteiger partial charge < -0.3 is 4.74 Å². The van der Waals surface area contributed by atoms with E-state index < -0.39 is 0 Å². The molecule has 0 atom stereocenters. The molecule has 7 heteroatoms. The average Bonchev–Trinajstić information content (AvgIpc) is 2.90. The Morgan fingerprint density at radius 3 is 3.11 bits per heavy atom. The van der Waals surface area contributed by atoms with E-state index in [2.05, 4.69) is 20.9 Å². The second-order valence-corrected chi connectivity index (χ2v) is 4.42. The van der Waals surface area contributed by atoms with Gasteiger partial charge in [-0.05, 0) is 25.0 Å². The summed E-state index contributed by atoms with van der Waals surface area (Å²) in [6, 6.07) is 3.84. The van der Waals surface area contributed by atoms with E-state index in [0.717, 1.165) is 26.1 Å². The number of ether oxygens (including phenoxy) is 1. The number of carbonyl (C=O) groups excluding carboxylic acids is 1. The van der Waals surface area contributed by atoms with Gasteiger partial charge in [-0.25, -0.2) is 14.9 Å². The molecule has 2 N–H and O–H groups in total. The molecule has 0 unspecified atom stereocenters. The largest absolute Gasteiger partial charge is 0.381 e. The number of nitrogens with zero attached hydrogens (tertiary/aromatic N) is 3. The maximum atomic E-state index is 12.1. The van der Waals surface area contributed by atoms with Gasteiger partial charge in [0.15, 0.2) is 11.3 Å². The van der Waals surface area contributed by atoms with Crippen molar-refractivity contribution in [3.63, 3.8) is 0 Å². The molecule has 0 saturated carbocycles. The van der Waals surface area contributed by atoms with Gasteiger partial charge in [0.1, 0.15) is 0 Å². The Morgan fingerprint density at radius 1 is 1.42 bits per heavy atom. The number of nitrogens with one attached hydrogen (secondary N) is 2. The summed E-state index contributed by atoms with van der Waals surface area (Å²) in [6.45, 7) is 1.45. The predicted molar refractivity (Wildman–Crippen MR) is 67.4 cm³/mol. The molecule has 1 fully saturated rings. The van der Waals surface area contributed by atoms with Crippen LogP contribution in [0.4, 0.5) is 0 Å². The van der Waals surface area contributed by atoms with E-state index in [1.807, 2.05) is 0 Å². The Morgan fingerprint density at radius 2 is 2.26 bits per heavy atom. The van der Waals surface area contributed by atoms with E-state index in [1.54, 1.807) is 18.3 Å². The summed E-state index contributed by atoms with van der Waals surface area (Å²) < 4.78 is 6.77. The van der Waals surface area contributed by atoms with Gasteiger partial charge in [0.25, 0.3) is 5.91 Å². The van der Waals surface area contributed by atoms with E-state index in [1.165, 1.54) is 10.7 Å². The van der Waals surface area contributed by atoms with Crippen molar-refractivity contribution in [1.29, 1.82) is 0 Å². The molecule has 1 amide bonds. The van der Waals surface area contributed by atoms with Crippen LogP contribution in [0.25, 0.3) is 5.65 Å². The highest BCUT2D eigenvalue weighted by atomic mass is 16.5. The summed E-state index contributed by atoms with van der Waals surface area (Å²) in [5.74, 6) is -0.238. The zero-order chi connectivity index (χ0) is 13.1. The van der Waals surface area contributed by atoms with Crippen LogP contribution in [-0.2, 0) is 4.74 Å². The lowest BCUT2D eigenvalue weighted by atomic mass is 10.1. The quantitative estimate of drug-likeness (QED) is 0.768. The fourth-order valence-electron chi connectivity index (χ4n) is 2.06. The number of fused-ring (bicyclic) bond motifs is 1. The van der Waals surface area contributed by atoms with Crippen molar-refractivity contribution < 1.29 is 9.53 Å². The molecular formula is C12H15N5O2. The molecule has 3 rings (SSSR count). The van der Waals surface area contributed by atoms with Crippen molar-refractivity contribution in [2.75, 3.05) is 13.2 Å². The minimum Gasteiger partial charge on any atom is -0.381 e. The molecular weight excluding hydrogens is 246 g/mol. The van der Waals surface area contributed by atoms with Gasteiger partial charge in [0.05, 0.1) is 6.20 Å². The molecule has 1 aliphatic rings. The lowest BCUT2D eigenvalue weighted by Gasteiger charge is -2.23. The van der Waals surface area contributed by atoms with Crippen LogP contribution in [0.5, 0.6) is 0 Å². The third kappa shape index (κ3) is 2.56. The normalized spacial score (nSPS) is 16.6. The molecule has 0 aromatic carbocycles. The van der Waals surface area contributed by atoms with Crippen LogP contribution in [0.2, 0.25) is 0 Å². The Labute approximate surface area is 109 Å². The van der Waals surface area contributed by atoms with Gasteiger partial charge in [-0.1, -0.05) is 0 Å². The fourth-order valence-corrected chi connectivity index (χ4v) is 2.06. The van der Waals surface area contributed by atoms with E-state index in [9.17, 15) is 4.79 Å². The van der Waals surface area contributed by atoms with Crippen LogP contribution < -0.4 is 10.9 Å². The average molecular weight is 261 g/mol. The Hall–Kier alpha value is -1.99. The third-order valence-electron chi connectivity index (χ3n) is 3.12. The van der Waals surface area contributed by atoms with Crippen molar-refractivity contribution in [2.45, 2.75) is 18.9 Å². The van der Waals surface area contributed by atoms with Crippen molar-refractivity contribution >= 4 is 11.6 Å². The van der Waals surface area contributed by atoms with Gasteiger partial charge in [-0.15, -0.1) is 0 Å². The summed E-state index contributed by atoms with van der Waals surface area (Å²) >= 11 is 0. The lowest BCUT2D eigenvalue weighted by Crippen LogP contribution is -2.46. The Balaban J connectivity index is 1.66. The van der Waals surface area contributed by atoms with Crippen LogP contribution in [0.3, 0.4) is 0 Å². The zero-order valence-electron chi connectivity index (χ0n) is 10.4. The molecule has 1 aliphatic heterocycles. The molecule has 0 aliphatic carbocycles. The van der Waals surface area contributed by atoms with E-state index in [4.69, 9.17) is 4.74 Å². The lowest BCUT2D eigenvalue weighted by molar-refractivity contribution is 0.0692. The van der Waals surface area contributed by atoms with Crippen molar-refractivity contribution in [1.82, 2.24) is 25.4 Å². The molecule has 2 aromatic heterocycles. The second kappa shape index (κ2) is 5.33. The molecule has 0 spiro atoms. The molecule has 19 heavy (non-hydrogen) atoms. The first-order valence-electron chi connectivity index (χ1n) is 6.27. The summed E-state index contributed by atoms with van der Waals surface area (Å²) in [4.78, 5) is 16.2. The number of rotatable bonds is 3. The first kappa shape index (κ1) is 12.1. The molecule has 2 aromatic rings. The summed E-state index contributed by atoms with van der Waals surface area (Å²) in [7, 11) is 0. The van der Waals surface area contributed by atoms with E-state index >= 15 is 0 Å². The standard InChI is InChI=1S/C12H15N5O2/c18-12(16-15-9-3-6-19-7-4-9)10-8-13-11-2-1-5-14-17(10)11/h1-2,5,8-9,15H,3-4,6-7H2,(H,16,18). The molecule has 100 valence electrons. The molecule has 0 radical (unpaired) electrons. The number of imidazole rings is 1. The minimum absolute atomic E-state index is 0.238. The van der Waals surface area contributed by atoms with Crippen LogP contribution in [-0.4, -0.2) is 39.8 Å². The third-order valence-corrected chi connectivity index (χ3v) is 3.12. The first-order valence-corrected chi connectivity index (χ1v) is 6.27. The van der Waals surface area contributed by atoms with E-state index in [-0.39, 0.29) is 11.9 Å². The topological polar surface area (TPSA) is 80.5 Å². The highest BCUT2D eigenvalue weighted by Crippen LogP contribution is 2.06. The Bertz CT molecular complexity index is 576. The SMILES string of the molecule is O=C(NNC1CCOCC1)c1cnc2cccnn12. The first-order chi connectivity index (χ1) is 9.34. The van der Waals surface area contributed by atoms with Crippen molar-refractivity contribution in [3.05, 3.63) is 30.2 Å². The van der Waals surface area contributed by atoms with Gasteiger partial charge >= 0.3 is 0 Å². The maximum absolute atomic E-state index is 12.1. The van der Waals surface area contributed by atoms with Crippen molar-refractivity contribution in [3.8, 4) is 0 Å². The molecule has 7 nitrogen and oxygen atoms in total. The number of hydrazine groups is 1.